The van der Waals surface area contributed by atoms with Gasteiger partial charge in [0.1, 0.15) is 0 Å². The summed E-state index contributed by atoms with van der Waals surface area (Å²) in [5.41, 5.74) is 1.19. The van der Waals surface area contributed by atoms with Gasteiger partial charge in [0.05, 0.1) is 0 Å². The van der Waals surface area contributed by atoms with E-state index in [9.17, 15) is 4.79 Å². The SMILES string of the molecule is CCC1CC(CNC(=O)Nc2ccc(I)cc2)C1(C)C. The highest BCUT2D eigenvalue weighted by molar-refractivity contribution is 14.1. The smallest absolute Gasteiger partial charge is 0.319 e. The first-order chi connectivity index (χ1) is 9.43. The van der Waals surface area contributed by atoms with Gasteiger partial charge in [0.25, 0.3) is 0 Å². The van der Waals surface area contributed by atoms with Crippen LogP contribution in [0.5, 0.6) is 0 Å². The first-order valence-corrected chi connectivity index (χ1v) is 8.31. The maximum Gasteiger partial charge on any atom is 0.319 e. The van der Waals surface area contributed by atoms with Crippen molar-refractivity contribution in [2.24, 2.45) is 17.3 Å². The Labute approximate surface area is 135 Å². The highest BCUT2D eigenvalue weighted by Gasteiger charge is 2.46. The van der Waals surface area contributed by atoms with Crippen LogP contribution in [-0.2, 0) is 0 Å². The molecule has 1 aromatic rings. The topological polar surface area (TPSA) is 41.1 Å². The van der Waals surface area contributed by atoms with Crippen LogP contribution in [0.1, 0.15) is 33.6 Å². The fourth-order valence-electron chi connectivity index (χ4n) is 3.09. The third kappa shape index (κ3) is 3.45. The summed E-state index contributed by atoms with van der Waals surface area (Å²) in [4.78, 5) is 11.9. The van der Waals surface area contributed by atoms with Crippen molar-refractivity contribution in [2.75, 3.05) is 11.9 Å². The maximum absolute atomic E-state index is 11.9. The van der Waals surface area contributed by atoms with Crippen LogP contribution in [0.15, 0.2) is 24.3 Å². The van der Waals surface area contributed by atoms with Gasteiger partial charge in [-0.1, -0.05) is 27.2 Å². The van der Waals surface area contributed by atoms with Crippen LogP contribution < -0.4 is 10.6 Å². The largest absolute Gasteiger partial charge is 0.338 e. The van der Waals surface area contributed by atoms with Gasteiger partial charge in [0.15, 0.2) is 0 Å². The molecule has 0 saturated heterocycles. The second-order valence-corrected chi connectivity index (χ2v) is 7.45. The van der Waals surface area contributed by atoms with Gasteiger partial charge < -0.3 is 10.6 Å². The molecule has 0 bridgehead atoms. The van der Waals surface area contributed by atoms with E-state index in [1.807, 2.05) is 24.3 Å². The van der Waals surface area contributed by atoms with Crippen LogP contribution in [-0.4, -0.2) is 12.6 Å². The van der Waals surface area contributed by atoms with Crippen LogP contribution in [0, 0.1) is 20.8 Å². The van der Waals surface area contributed by atoms with E-state index in [0.29, 0.717) is 11.3 Å². The van der Waals surface area contributed by atoms with Gasteiger partial charge >= 0.3 is 6.03 Å². The molecule has 0 spiro atoms. The average molecular weight is 386 g/mol. The van der Waals surface area contributed by atoms with Gasteiger partial charge in [-0.15, -0.1) is 0 Å². The molecule has 1 saturated carbocycles. The molecule has 20 heavy (non-hydrogen) atoms. The highest BCUT2D eigenvalue weighted by atomic mass is 127. The van der Waals surface area contributed by atoms with Crippen LogP contribution in [0.3, 0.4) is 0 Å². The van der Waals surface area contributed by atoms with E-state index in [0.717, 1.165) is 21.7 Å². The Bertz CT molecular complexity index is 470. The molecule has 2 unspecified atom stereocenters. The molecule has 2 atom stereocenters. The number of amides is 2. The molecule has 0 heterocycles. The third-order valence-electron chi connectivity index (χ3n) is 4.78. The summed E-state index contributed by atoms with van der Waals surface area (Å²) < 4.78 is 1.16. The van der Waals surface area contributed by atoms with Crippen molar-refractivity contribution >= 4 is 34.3 Å². The lowest BCUT2D eigenvalue weighted by Gasteiger charge is -2.52. The van der Waals surface area contributed by atoms with Crippen molar-refractivity contribution in [1.29, 1.82) is 0 Å². The van der Waals surface area contributed by atoms with Gasteiger partial charge in [0.2, 0.25) is 0 Å². The van der Waals surface area contributed by atoms with E-state index in [1.54, 1.807) is 0 Å². The lowest BCUT2D eigenvalue weighted by molar-refractivity contribution is -0.0193. The number of carbonyl (C=O) groups is 1. The number of hydrogen-bond donors (Lipinski definition) is 2. The summed E-state index contributed by atoms with van der Waals surface area (Å²) in [6, 6.07) is 7.69. The summed E-state index contributed by atoms with van der Waals surface area (Å²) >= 11 is 2.25. The van der Waals surface area contributed by atoms with Crippen molar-refractivity contribution in [3.63, 3.8) is 0 Å². The summed E-state index contributed by atoms with van der Waals surface area (Å²) in [6.07, 6.45) is 2.46. The molecule has 110 valence electrons. The minimum absolute atomic E-state index is 0.109. The van der Waals surface area contributed by atoms with Crippen LogP contribution in [0.25, 0.3) is 0 Å². The van der Waals surface area contributed by atoms with Crippen molar-refractivity contribution < 1.29 is 4.79 Å². The van der Waals surface area contributed by atoms with Crippen molar-refractivity contribution in [3.05, 3.63) is 27.8 Å². The Morgan fingerprint density at radius 3 is 2.50 bits per heavy atom. The van der Waals surface area contributed by atoms with Gasteiger partial charge in [0, 0.05) is 15.8 Å². The first kappa shape index (κ1) is 15.6. The molecule has 4 heteroatoms. The molecular weight excluding hydrogens is 363 g/mol. The van der Waals surface area contributed by atoms with E-state index in [2.05, 4.69) is 54.0 Å². The number of rotatable bonds is 4. The van der Waals surface area contributed by atoms with Gasteiger partial charge in [-0.3, -0.25) is 0 Å². The predicted octanol–water partition coefficient (Wildman–Crippen LogP) is 4.49. The molecule has 1 aromatic carbocycles. The van der Waals surface area contributed by atoms with E-state index in [-0.39, 0.29) is 6.03 Å². The number of halogens is 1. The number of urea groups is 1. The Morgan fingerprint density at radius 2 is 1.95 bits per heavy atom. The Kier molecular flexibility index (Phi) is 4.94. The summed E-state index contributed by atoms with van der Waals surface area (Å²) in [5, 5.41) is 5.87. The second-order valence-electron chi connectivity index (χ2n) is 6.20. The van der Waals surface area contributed by atoms with Crippen molar-refractivity contribution in [2.45, 2.75) is 33.6 Å². The number of benzene rings is 1. The quantitative estimate of drug-likeness (QED) is 0.736. The number of hydrogen-bond acceptors (Lipinski definition) is 1. The van der Waals surface area contributed by atoms with Crippen LogP contribution in [0.4, 0.5) is 10.5 Å². The summed E-state index contributed by atoms with van der Waals surface area (Å²) in [5.74, 6) is 1.39. The average Bonchev–Trinajstić information content (AvgIpc) is 2.40. The normalized spacial score (nSPS) is 23.8. The van der Waals surface area contributed by atoms with E-state index < -0.39 is 0 Å². The Morgan fingerprint density at radius 1 is 1.30 bits per heavy atom. The molecule has 0 aliphatic heterocycles. The fourth-order valence-corrected chi connectivity index (χ4v) is 3.45. The third-order valence-corrected chi connectivity index (χ3v) is 5.50. The zero-order valence-corrected chi connectivity index (χ0v) is 14.5. The van der Waals surface area contributed by atoms with Crippen LogP contribution >= 0.6 is 22.6 Å². The molecular formula is C16H23IN2O. The maximum atomic E-state index is 11.9. The number of carbonyl (C=O) groups excluding carboxylic acids is 1. The molecule has 1 fully saturated rings. The standard InChI is InChI=1S/C16H23IN2O/c1-4-11-9-12(16(11,2)3)10-18-15(20)19-14-7-5-13(17)6-8-14/h5-8,11-12H,4,9-10H2,1-3H3,(H2,18,19,20). The molecule has 1 aliphatic rings. The molecule has 0 aromatic heterocycles. The fraction of sp³-hybridized carbons (Fsp3) is 0.562. The molecule has 1 aliphatic carbocycles. The van der Waals surface area contributed by atoms with E-state index in [1.165, 1.54) is 12.8 Å². The predicted molar refractivity (Wildman–Crippen MR) is 91.8 cm³/mol. The van der Waals surface area contributed by atoms with Gasteiger partial charge in [-0.25, -0.2) is 4.79 Å². The zero-order valence-electron chi connectivity index (χ0n) is 12.4. The van der Waals surface area contributed by atoms with Gasteiger partial charge in [-0.2, -0.15) is 0 Å². The minimum Gasteiger partial charge on any atom is -0.338 e. The summed E-state index contributed by atoms with van der Waals surface area (Å²) in [6.45, 7) is 7.64. The van der Waals surface area contributed by atoms with Crippen LogP contribution in [0.2, 0.25) is 0 Å². The van der Waals surface area contributed by atoms with Gasteiger partial charge in [-0.05, 0) is 70.5 Å². The Hall–Kier alpha value is -0.780. The molecule has 2 rings (SSSR count). The summed E-state index contributed by atoms with van der Waals surface area (Å²) in [7, 11) is 0. The molecule has 2 amide bonds. The monoisotopic (exact) mass is 386 g/mol. The Balaban J connectivity index is 1.77. The lowest BCUT2D eigenvalue weighted by atomic mass is 9.54. The van der Waals surface area contributed by atoms with Crippen molar-refractivity contribution in [3.8, 4) is 0 Å². The second kappa shape index (κ2) is 6.33. The number of anilines is 1. The van der Waals surface area contributed by atoms with E-state index >= 15 is 0 Å². The lowest BCUT2D eigenvalue weighted by Crippen LogP contribution is -2.50. The van der Waals surface area contributed by atoms with Crippen molar-refractivity contribution in [1.82, 2.24) is 5.32 Å². The first-order valence-electron chi connectivity index (χ1n) is 7.24. The minimum atomic E-state index is -0.109. The molecule has 0 radical (unpaired) electrons. The van der Waals surface area contributed by atoms with E-state index in [4.69, 9.17) is 0 Å². The molecule has 2 N–H and O–H groups in total. The zero-order chi connectivity index (χ0) is 14.8. The molecule has 3 nitrogen and oxygen atoms in total. The number of nitrogens with one attached hydrogen (secondary N) is 2. The highest BCUT2D eigenvalue weighted by Crippen LogP contribution is 2.52.